The average molecular weight is 417 g/mol. The van der Waals surface area contributed by atoms with Gasteiger partial charge in [0.1, 0.15) is 16.7 Å². The number of fused-ring (bicyclic) bond motifs is 3. The van der Waals surface area contributed by atoms with Gasteiger partial charge in [0, 0.05) is 17.5 Å². The molecular weight excluding hydrogens is 392 g/mol. The first kappa shape index (κ1) is 19.9. The fraction of sp³-hybridized carbons (Fsp3) is 0.476. The molecule has 0 bridgehead atoms. The zero-order valence-electron chi connectivity index (χ0n) is 16.9. The van der Waals surface area contributed by atoms with Crippen LogP contribution in [0.2, 0.25) is 5.02 Å². The maximum absolute atomic E-state index is 13.4. The third kappa shape index (κ3) is 3.65. The molecule has 1 N–H and O–H groups in total. The molecule has 2 atom stereocenters. The van der Waals surface area contributed by atoms with Gasteiger partial charge in [-0.15, -0.1) is 0 Å². The van der Waals surface area contributed by atoms with Gasteiger partial charge in [-0.1, -0.05) is 22.8 Å². The van der Waals surface area contributed by atoms with Gasteiger partial charge >= 0.3 is 0 Å². The van der Waals surface area contributed by atoms with Crippen LogP contribution in [0, 0.1) is 6.92 Å². The third-order valence-corrected chi connectivity index (χ3v) is 5.93. The van der Waals surface area contributed by atoms with E-state index >= 15 is 0 Å². The van der Waals surface area contributed by atoms with E-state index in [-0.39, 0.29) is 23.6 Å². The molecule has 1 aromatic carbocycles. The predicted molar refractivity (Wildman–Crippen MR) is 114 cm³/mol. The van der Waals surface area contributed by atoms with Crippen LogP contribution in [0.15, 0.2) is 27.5 Å². The van der Waals surface area contributed by atoms with Gasteiger partial charge in [-0.25, -0.2) is 0 Å². The molecule has 7 nitrogen and oxygen atoms in total. The van der Waals surface area contributed by atoms with Crippen LogP contribution in [0.5, 0.6) is 0 Å². The SMILES string of the molecule is Cc1onc2c1c(=O)n(C1CCCC(NC(=O)CN(C)C)C1)c1cccc(Cl)c21. The highest BCUT2D eigenvalue weighted by molar-refractivity contribution is 6.37. The maximum Gasteiger partial charge on any atom is 0.264 e. The van der Waals surface area contributed by atoms with Crippen LogP contribution in [-0.2, 0) is 4.79 Å². The molecule has 0 radical (unpaired) electrons. The van der Waals surface area contributed by atoms with Crippen LogP contribution in [0.3, 0.4) is 0 Å². The minimum atomic E-state index is -0.112. The van der Waals surface area contributed by atoms with E-state index in [0.717, 1.165) is 30.2 Å². The Morgan fingerprint density at radius 2 is 2.14 bits per heavy atom. The van der Waals surface area contributed by atoms with E-state index in [0.29, 0.717) is 34.7 Å². The van der Waals surface area contributed by atoms with Crippen molar-refractivity contribution in [3.8, 4) is 0 Å². The number of pyridine rings is 1. The summed E-state index contributed by atoms with van der Waals surface area (Å²) in [6.45, 7) is 2.10. The van der Waals surface area contributed by atoms with Crippen LogP contribution in [0.1, 0.15) is 37.5 Å². The molecule has 3 aromatic rings. The first-order valence-corrected chi connectivity index (χ1v) is 10.3. The van der Waals surface area contributed by atoms with Gasteiger partial charge in [0.25, 0.3) is 5.56 Å². The Morgan fingerprint density at radius 3 is 2.90 bits per heavy atom. The predicted octanol–water partition coefficient (Wildman–Crippen LogP) is 3.27. The number of nitrogens with zero attached hydrogens (tertiary/aromatic N) is 3. The third-order valence-electron chi connectivity index (χ3n) is 5.62. The van der Waals surface area contributed by atoms with Crippen LogP contribution in [0.25, 0.3) is 21.8 Å². The second-order valence-electron chi connectivity index (χ2n) is 8.09. The number of benzene rings is 1. The topological polar surface area (TPSA) is 80.4 Å². The molecule has 0 aliphatic heterocycles. The number of aromatic nitrogens is 2. The van der Waals surface area contributed by atoms with E-state index in [1.165, 1.54) is 0 Å². The zero-order valence-corrected chi connectivity index (χ0v) is 17.6. The molecule has 2 aromatic heterocycles. The number of rotatable bonds is 4. The Morgan fingerprint density at radius 1 is 1.34 bits per heavy atom. The number of amides is 1. The summed E-state index contributed by atoms with van der Waals surface area (Å²) < 4.78 is 7.16. The molecular formula is C21H25ClN4O3. The number of hydrogen-bond acceptors (Lipinski definition) is 5. The summed E-state index contributed by atoms with van der Waals surface area (Å²) in [5, 5.41) is 8.98. The number of carbonyl (C=O) groups is 1. The lowest BCUT2D eigenvalue weighted by atomic mass is 9.90. The van der Waals surface area contributed by atoms with E-state index in [9.17, 15) is 9.59 Å². The Kier molecular flexibility index (Phi) is 5.36. The fourth-order valence-electron chi connectivity index (χ4n) is 4.43. The van der Waals surface area contributed by atoms with Crippen LogP contribution in [0.4, 0.5) is 0 Å². The smallest absolute Gasteiger partial charge is 0.264 e. The number of nitrogens with one attached hydrogen (secondary N) is 1. The van der Waals surface area contributed by atoms with Crippen molar-refractivity contribution in [3.63, 3.8) is 0 Å². The Hall–Kier alpha value is -2.38. The molecule has 1 amide bonds. The van der Waals surface area contributed by atoms with E-state index in [1.54, 1.807) is 13.0 Å². The fourth-order valence-corrected chi connectivity index (χ4v) is 4.68. The summed E-state index contributed by atoms with van der Waals surface area (Å²) >= 11 is 6.50. The Labute approximate surface area is 173 Å². The van der Waals surface area contributed by atoms with Crippen molar-refractivity contribution in [1.82, 2.24) is 19.9 Å². The standard InChI is InChI=1S/C21H25ClN4O3/c1-12-18-20(24-29-12)19-15(22)8-5-9-16(19)26(21(18)28)14-7-4-6-13(10-14)23-17(27)11-25(2)3/h5,8-9,13-14H,4,6-7,10-11H2,1-3H3,(H,23,27). The number of likely N-dealkylation sites (N-methyl/N-ethyl adjacent to an activating group) is 1. The summed E-state index contributed by atoms with van der Waals surface area (Å²) in [7, 11) is 3.74. The van der Waals surface area contributed by atoms with Gasteiger partial charge in [-0.05, 0) is 58.8 Å². The summed E-state index contributed by atoms with van der Waals surface area (Å²) in [5.41, 5.74) is 1.16. The second kappa shape index (κ2) is 7.80. The molecule has 1 aliphatic rings. The van der Waals surface area contributed by atoms with E-state index < -0.39 is 0 Å². The highest BCUT2D eigenvalue weighted by Gasteiger charge is 2.28. The van der Waals surface area contributed by atoms with Crippen LogP contribution in [-0.4, -0.2) is 47.2 Å². The van der Waals surface area contributed by atoms with Crippen molar-refractivity contribution < 1.29 is 9.32 Å². The van der Waals surface area contributed by atoms with Crippen molar-refractivity contribution >= 4 is 39.3 Å². The van der Waals surface area contributed by atoms with E-state index in [2.05, 4.69) is 10.5 Å². The summed E-state index contributed by atoms with van der Waals surface area (Å²) in [6, 6.07) is 5.56. The first-order chi connectivity index (χ1) is 13.9. The van der Waals surface area contributed by atoms with Crippen molar-refractivity contribution in [3.05, 3.63) is 39.3 Å². The lowest BCUT2D eigenvalue weighted by Crippen LogP contribution is -2.43. The summed E-state index contributed by atoms with van der Waals surface area (Å²) in [6.07, 6.45) is 3.43. The lowest BCUT2D eigenvalue weighted by Gasteiger charge is -2.32. The number of hydrogen-bond donors (Lipinski definition) is 1. The summed E-state index contributed by atoms with van der Waals surface area (Å²) in [5.74, 6) is 0.499. The molecule has 4 rings (SSSR count). The largest absolute Gasteiger partial charge is 0.360 e. The monoisotopic (exact) mass is 416 g/mol. The van der Waals surface area contributed by atoms with Crippen molar-refractivity contribution in [2.45, 2.75) is 44.7 Å². The molecule has 154 valence electrons. The average Bonchev–Trinajstić information content (AvgIpc) is 3.03. The molecule has 0 saturated heterocycles. The van der Waals surface area contributed by atoms with Gasteiger partial charge in [0.05, 0.1) is 17.1 Å². The van der Waals surface area contributed by atoms with E-state index in [4.69, 9.17) is 16.1 Å². The maximum atomic E-state index is 13.4. The molecule has 0 spiro atoms. The minimum absolute atomic E-state index is 0.00577. The molecule has 2 heterocycles. The molecule has 1 aliphatic carbocycles. The van der Waals surface area contributed by atoms with Crippen LogP contribution < -0.4 is 10.9 Å². The minimum Gasteiger partial charge on any atom is -0.360 e. The van der Waals surface area contributed by atoms with Crippen molar-refractivity contribution in [1.29, 1.82) is 0 Å². The van der Waals surface area contributed by atoms with Crippen molar-refractivity contribution in [2.24, 2.45) is 0 Å². The Bertz CT molecular complexity index is 1130. The zero-order chi connectivity index (χ0) is 20.7. The molecule has 2 unspecified atom stereocenters. The molecule has 8 heteroatoms. The molecule has 29 heavy (non-hydrogen) atoms. The van der Waals surface area contributed by atoms with Gasteiger partial charge < -0.3 is 19.3 Å². The van der Waals surface area contributed by atoms with Gasteiger partial charge in [0.2, 0.25) is 5.91 Å². The molecule has 1 fully saturated rings. The normalized spacial score (nSPS) is 19.9. The highest BCUT2D eigenvalue weighted by atomic mass is 35.5. The van der Waals surface area contributed by atoms with Gasteiger partial charge in [-0.2, -0.15) is 0 Å². The quantitative estimate of drug-likeness (QED) is 0.706. The first-order valence-electron chi connectivity index (χ1n) is 9.89. The summed E-state index contributed by atoms with van der Waals surface area (Å²) in [4.78, 5) is 27.5. The van der Waals surface area contributed by atoms with Gasteiger partial charge in [0.15, 0.2) is 0 Å². The van der Waals surface area contributed by atoms with Crippen LogP contribution >= 0.6 is 11.6 Å². The lowest BCUT2D eigenvalue weighted by molar-refractivity contribution is -0.122. The Balaban J connectivity index is 1.77. The highest BCUT2D eigenvalue weighted by Crippen LogP contribution is 2.35. The van der Waals surface area contributed by atoms with Gasteiger partial charge in [-0.3, -0.25) is 9.59 Å². The number of carbonyl (C=O) groups excluding carboxylic acids is 1. The van der Waals surface area contributed by atoms with Crippen molar-refractivity contribution in [2.75, 3.05) is 20.6 Å². The molecule has 1 saturated carbocycles. The number of aryl methyl sites for hydroxylation is 1. The second-order valence-corrected chi connectivity index (χ2v) is 8.50. The number of halogens is 1. The van der Waals surface area contributed by atoms with E-state index in [1.807, 2.05) is 35.7 Å².